The van der Waals surface area contributed by atoms with E-state index in [9.17, 15) is 4.79 Å². The van der Waals surface area contributed by atoms with Gasteiger partial charge in [0, 0.05) is 31.5 Å². The minimum atomic E-state index is -0.0746. The number of nitrogen functional groups attached to an aromatic ring is 1. The molecular weight excluding hydrogens is 244 g/mol. The Morgan fingerprint density at radius 2 is 2.11 bits per heavy atom. The van der Waals surface area contributed by atoms with Crippen LogP contribution < -0.4 is 11.1 Å². The molecule has 0 saturated heterocycles. The molecule has 0 heterocycles. The van der Waals surface area contributed by atoms with Crippen molar-refractivity contribution in [3.8, 4) is 0 Å². The van der Waals surface area contributed by atoms with E-state index in [1.807, 2.05) is 6.92 Å². The smallest absolute Gasteiger partial charge is 0.251 e. The Kier molecular flexibility index (Phi) is 6.92. The van der Waals surface area contributed by atoms with Crippen LogP contribution in [0.4, 0.5) is 5.69 Å². The van der Waals surface area contributed by atoms with Crippen LogP contribution in [0, 0.1) is 6.92 Å². The van der Waals surface area contributed by atoms with Crippen molar-refractivity contribution in [2.75, 3.05) is 39.2 Å². The normalized spacial score (nSPS) is 10.4. The quantitative estimate of drug-likeness (QED) is 0.550. The van der Waals surface area contributed by atoms with Gasteiger partial charge in [0.25, 0.3) is 5.91 Å². The molecule has 5 nitrogen and oxygen atoms in total. The second kappa shape index (κ2) is 8.50. The van der Waals surface area contributed by atoms with E-state index in [4.69, 9.17) is 15.2 Å². The molecule has 1 rings (SSSR count). The molecule has 106 valence electrons. The predicted molar refractivity (Wildman–Crippen MR) is 75.2 cm³/mol. The fourth-order valence-electron chi connectivity index (χ4n) is 1.66. The van der Waals surface area contributed by atoms with Crippen LogP contribution in [0.25, 0.3) is 0 Å². The first-order valence-electron chi connectivity index (χ1n) is 6.36. The molecule has 1 aromatic carbocycles. The largest absolute Gasteiger partial charge is 0.399 e. The summed E-state index contributed by atoms with van der Waals surface area (Å²) in [5.41, 5.74) is 7.86. The van der Waals surface area contributed by atoms with Crippen LogP contribution in [0.1, 0.15) is 22.3 Å². The molecular formula is C14H22N2O3. The van der Waals surface area contributed by atoms with Gasteiger partial charge in [-0.15, -0.1) is 0 Å². The van der Waals surface area contributed by atoms with Gasteiger partial charge in [-0.2, -0.15) is 0 Å². The van der Waals surface area contributed by atoms with E-state index in [0.717, 1.165) is 12.0 Å². The zero-order valence-electron chi connectivity index (χ0n) is 11.6. The molecule has 0 radical (unpaired) electrons. The van der Waals surface area contributed by atoms with Crippen LogP contribution in [0.5, 0.6) is 0 Å². The topological polar surface area (TPSA) is 73.6 Å². The highest BCUT2D eigenvalue weighted by Gasteiger charge is 2.07. The lowest BCUT2D eigenvalue weighted by Gasteiger charge is -2.08. The number of carbonyl (C=O) groups is 1. The van der Waals surface area contributed by atoms with Crippen molar-refractivity contribution in [2.24, 2.45) is 0 Å². The number of aryl methyl sites for hydroxylation is 1. The van der Waals surface area contributed by atoms with Crippen LogP contribution in [0.2, 0.25) is 0 Å². The Bertz CT molecular complexity index is 408. The summed E-state index contributed by atoms with van der Waals surface area (Å²) in [6.07, 6.45) is 0.781. The number of rotatable bonds is 8. The maximum Gasteiger partial charge on any atom is 0.251 e. The van der Waals surface area contributed by atoms with Gasteiger partial charge in [0.05, 0.1) is 13.2 Å². The van der Waals surface area contributed by atoms with Crippen LogP contribution in [-0.2, 0) is 9.47 Å². The van der Waals surface area contributed by atoms with Crippen LogP contribution in [-0.4, -0.2) is 39.4 Å². The minimum Gasteiger partial charge on any atom is -0.399 e. The van der Waals surface area contributed by atoms with Crippen molar-refractivity contribution < 1.29 is 14.3 Å². The molecule has 5 heteroatoms. The summed E-state index contributed by atoms with van der Waals surface area (Å²) in [4.78, 5) is 11.9. The third-order valence-corrected chi connectivity index (χ3v) is 2.68. The molecule has 0 aliphatic rings. The summed E-state index contributed by atoms with van der Waals surface area (Å²) in [5, 5.41) is 2.86. The lowest BCUT2D eigenvalue weighted by molar-refractivity contribution is 0.0688. The number of benzene rings is 1. The summed E-state index contributed by atoms with van der Waals surface area (Å²) < 4.78 is 10.2. The van der Waals surface area contributed by atoms with Crippen molar-refractivity contribution in [1.29, 1.82) is 0 Å². The fourth-order valence-corrected chi connectivity index (χ4v) is 1.66. The van der Waals surface area contributed by atoms with Crippen molar-refractivity contribution in [3.05, 3.63) is 29.3 Å². The second-order valence-electron chi connectivity index (χ2n) is 4.29. The fraction of sp³-hybridized carbons (Fsp3) is 0.500. The first-order valence-corrected chi connectivity index (χ1v) is 6.36. The highest BCUT2D eigenvalue weighted by Crippen LogP contribution is 2.12. The predicted octanol–water partition coefficient (Wildman–Crippen LogP) is 1.36. The molecule has 0 bridgehead atoms. The van der Waals surface area contributed by atoms with Gasteiger partial charge >= 0.3 is 0 Å². The molecule has 1 aromatic rings. The molecule has 0 spiro atoms. The Morgan fingerprint density at radius 3 is 2.79 bits per heavy atom. The van der Waals surface area contributed by atoms with E-state index >= 15 is 0 Å². The molecule has 0 saturated carbocycles. The van der Waals surface area contributed by atoms with Gasteiger partial charge in [-0.1, -0.05) is 0 Å². The molecule has 3 N–H and O–H groups in total. The Morgan fingerprint density at radius 1 is 1.32 bits per heavy atom. The number of anilines is 1. The van der Waals surface area contributed by atoms with E-state index in [2.05, 4.69) is 5.32 Å². The number of amides is 1. The van der Waals surface area contributed by atoms with Crippen molar-refractivity contribution in [3.63, 3.8) is 0 Å². The number of nitrogens with two attached hydrogens (primary N) is 1. The lowest BCUT2D eigenvalue weighted by atomic mass is 10.1. The van der Waals surface area contributed by atoms with Gasteiger partial charge in [0.15, 0.2) is 0 Å². The monoisotopic (exact) mass is 266 g/mol. The van der Waals surface area contributed by atoms with Gasteiger partial charge in [-0.25, -0.2) is 0 Å². The zero-order chi connectivity index (χ0) is 14.1. The summed E-state index contributed by atoms with van der Waals surface area (Å²) in [7, 11) is 1.64. The van der Waals surface area contributed by atoms with Gasteiger partial charge in [-0.3, -0.25) is 4.79 Å². The molecule has 0 aromatic heterocycles. The molecule has 0 unspecified atom stereocenters. The molecule has 0 aliphatic carbocycles. The highest BCUT2D eigenvalue weighted by atomic mass is 16.5. The van der Waals surface area contributed by atoms with Crippen LogP contribution in [0.15, 0.2) is 18.2 Å². The number of ether oxygens (including phenoxy) is 2. The number of hydrogen-bond acceptors (Lipinski definition) is 4. The molecule has 0 fully saturated rings. The third-order valence-electron chi connectivity index (χ3n) is 2.68. The summed E-state index contributed by atoms with van der Waals surface area (Å²) in [5.74, 6) is -0.0746. The van der Waals surface area contributed by atoms with E-state index in [1.165, 1.54) is 0 Å². The van der Waals surface area contributed by atoms with Gasteiger partial charge < -0.3 is 20.5 Å². The van der Waals surface area contributed by atoms with E-state index in [1.54, 1.807) is 25.3 Å². The summed E-state index contributed by atoms with van der Waals surface area (Å²) in [6, 6.07) is 5.27. The molecule has 1 amide bonds. The average molecular weight is 266 g/mol. The molecule has 0 aliphatic heterocycles. The Labute approximate surface area is 114 Å². The number of hydrogen-bond donors (Lipinski definition) is 2. The van der Waals surface area contributed by atoms with E-state index < -0.39 is 0 Å². The maximum atomic E-state index is 11.9. The van der Waals surface area contributed by atoms with Gasteiger partial charge in [0.1, 0.15) is 0 Å². The number of carbonyl (C=O) groups excluding carboxylic acids is 1. The van der Waals surface area contributed by atoms with E-state index in [-0.39, 0.29) is 5.91 Å². The second-order valence-corrected chi connectivity index (χ2v) is 4.29. The van der Waals surface area contributed by atoms with Crippen LogP contribution in [0.3, 0.4) is 0 Å². The van der Waals surface area contributed by atoms with Gasteiger partial charge in [-0.05, 0) is 37.1 Å². The SMILES string of the molecule is COCCOCCCNC(=O)c1ccc(N)cc1C. The standard InChI is InChI=1S/C14H22N2O3/c1-11-10-12(15)4-5-13(11)14(17)16-6-3-7-19-9-8-18-2/h4-5,10H,3,6-9,15H2,1-2H3,(H,16,17). The summed E-state index contributed by atoms with van der Waals surface area (Å²) in [6.45, 7) is 4.26. The van der Waals surface area contributed by atoms with Crippen molar-refractivity contribution in [2.45, 2.75) is 13.3 Å². The first-order chi connectivity index (χ1) is 9.15. The molecule has 19 heavy (non-hydrogen) atoms. The lowest BCUT2D eigenvalue weighted by Crippen LogP contribution is -2.26. The average Bonchev–Trinajstić information content (AvgIpc) is 2.37. The number of methoxy groups -OCH3 is 1. The Hall–Kier alpha value is -1.59. The third kappa shape index (κ3) is 5.72. The van der Waals surface area contributed by atoms with Crippen LogP contribution >= 0.6 is 0 Å². The van der Waals surface area contributed by atoms with Crippen molar-refractivity contribution >= 4 is 11.6 Å². The first kappa shape index (κ1) is 15.5. The number of nitrogens with one attached hydrogen (secondary N) is 1. The highest BCUT2D eigenvalue weighted by molar-refractivity contribution is 5.95. The minimum absolute atomic E-state index is 0.0746. The maximum absolute atomic E-state index is 11.9. The van der Waals surface area contributed by atoms with Crippen molar-refractivity contribution in [1.82, 2.24) is 5.32 Å². The summed E-state index contributed by atoms with van der Waals surface area (Å²) >= 11 is 0. The van der Waals surface area contributed by atoms with Gasteiger partial charge in [0.2, 0.25) is 0 Å². The molecule has 0 atom stereocenters. The zero-order valence-corrected chi connectivity index (χ0v) is 11.6. The van der Waals surface area contributed by atoms with E-state index in [0.29, 0.717) is 37.6 Å². The Balaban J connectivity index is 2.24.